The van der Waals surface area contributed by atoms with Crippen LogP contribution in [0, 0.1) is 11.7 Å². The first-order chi connectivity index (χ1) is 8.99. The summed E-state index contributed by atoms with van der Waals surface area (Å²) in [4.78, 5) is 13.4. The van der Waals surface area contributed by atoms with Crippen LogP contribution in [0.15, 0.2) is 18.2 Å². The van der Waals surface area contributed by atoms with E-state index in [1.807, 2.05) is 0 Å². The molecule has 1 aliphatic rings. The third kappa shape index (κ3) is 3.01. The second-order valence-electron chi connectivity index (χ2n) is 4.69. The number of primary amides is 1. The van der Waals surface area contributed by atoms with Crippen molar-refractivity contribution in [3.05, 3.63) is 29.6 Å². The first kappa shape index (κ1) is 13.7. The van der Waals surface area contributed by atoms with Gasteiger partial charge in [0.2, 0.25) is 5.91 Å². The van der Waals surface area contributed by atoms with Crippen molar-refractivity contribution in [3.8, 4) is 0 Å². The van der Waals surface area contributed by atoms with Gasteiger partial charge >= 0.3 is 0 Å². The van der Waals surface area contributed by atoms with Gasteiger partial charge in [0, 0.05) is 30.3 Å². The van der Waals surface area contributed by atoms with Crippen LogP contribution < -0.4 is 16.4 Å². The zero-order valence-corrected chi connectivity index (χ0v) is 11.3. The lowest BCUT2D eigenvalue weighted by Crippen LogP contribution is -2.39. The van der Waals surface area contributed by atoms with E-state index in [2.05, 4.69) is 4.90 Å². The quantitative estimate of drug-likeness (QED) is 0.816. The average molecular weight is 281 g/mol. The molecule has 102 valence electrons. The molecule has 19 heavy (non-hydrogen) atoms. The molecule has 0 radical (unpaired) electrons. The van der Waals surface area contributed by atoms with Crippen molar-refractivity contribution in [1.82, 2.24) is 0 Å². The number of anilines is 1. The second kappa shape index (κ2) is 5.52. The summed E-state index contributed by atoms with van der Waals surface area (Å²) in [7, 11) is 0. The maximum Gasteiger partial charge on any atom is 0.220 e. The molecule has 1 saturated heterocycles. The molecule has 1 aromatic rings. The molecule has 0 saturated carbocycles. The maximum absolute atomic E-state index is 13.2. The molecule has 1 fully saturated rings. The third-order valence-corrected chi connectivity index (χ3v) is 3.68. The number of nitrogens with two attached hydrogens (primary N) is 2. The highest BCUT2D eigenvalue weighted by Gasteiger charge is 2.24. The number of piperidine rings is 1. The third-order valence-electron chi connectivity index (χ3n) is 3.46. The summed E-state index contributed by atoms with van der Waals surface area (Å²) in [5.74, 6) is -0.697. The van der Waals surface area contributed by atoms with E-state index < -0.39 is 0 Å². The predicted molar refractivity (Wildman–Crippen MR) is 76.4 cm³/mol. The van der Waals surface area contributed by atoms with Gasteiger partial charge in [-0.05, 0) is 31.0 Å². The first-order valence-corrected chi connectivity index (χ1v) is 6.53. The van der Waals surface area contributed by atoms with Crippen molar-refractivity contribution in [1.29, 1.82) is 0 Å². The Balaban J connectivity index is 2.20. The van der Waals surface area contributed by atoms with Gasteiger partial charge in [-0.25, -0.2) is 4.39 Å². The van der Waals surface area contributed by atoms with Crippen molar-refractivity contribution in [2.45, 2.75) is 12.8 Å². The Morgan fingerprint density at radius 1 is 1.32 bits per heavy atom. The van der Waals surface area contributed by atoms with Crippen LogP contribution in [-0.2, 0) is 4.79 Å². The van der Waals surface area contributed by atoms with E-state index in [1.165, 1.54) is 12.1 Å². The molecular formula is C13H16FN3OS. The molecule has 1 heterocycles. The summed E-state index contributed by atoms with van der Waals surface area (Å²) in [5.41, 5.74) is 12.3. The van der Waals surface area contributed by atoms with Gasteiger partial charge in [-0.2, -0.15) is 0 Å². The zero-order chi connectivity index (χ0) is 14.0. The fraction of sp³-hybridized carbons (Fsp3) is 0.385. The number of rotatable bonds is 3. The monoisotopic (exact) mass is 281 g/mol. The van der Waals surface area contributed by atoms with Gasteiger partial charge in [0.15, 0.2) is 0 Å². The Bertz CT molecular complexity index is 513. The van der Waals surface area contributed by atoms with E-state index in [0.29, 0.717) is 31.5 Å². The summed E-state index contributed by atoms with van der Waals surface area (Å²) in [6, 6.07) is 4.41. The number of thiocarbonyl (C=S) groups is 1. The minimum absolute atomic E-state index is 0.0787. The van der Waals surface area contributed by atoms with Gasteiger partial charge in [-0.15, -0.1) is 0 Å². The van der Waals surface area contributed by atoms with Crippen LogP contribution in [0.1, 0.15) is 18.4 Å². The molecule has 0 unspecified atom stereocenters. The minimum atomic E-state index is -0.362. The van der Waals surface area contributed by atoms with Crippen LogP contribution in [-0.4, -0.2) is 24.0 Å². The SMILES string of the molecule is NC(=O)C1CCN(c2ccc(F)cc2C(N)=S)CC1. The molecule has 0 aliphatic carbocycles. The highest BCUT2D eigenvalue weighted by molar-refractivity contribution is 7.80. The minimum Gasteiger partial charge on any atom is -0.389 e. The highest BCUT2D eigenvalue weighted by atomic mass is 32.1. The van der Waals surface area contributed by atoms with Gasteiger partial charge in [0.25, 0.3) is 0 Å². The average Bonchev–Trinajstić information content (AvgIpc) is 2.38. The van der Waals surface area contributed by atoms with Crippen LogP contribution in [0.3, 0.4) is 0 Å². The van der Waals surface area contributed by atoms with Crippen molar-refractivity contribution < 1.29 is 9.18 Å². The molecule has 0 bridgehead atoms. The van der Waals surface area contributed by atoms with Crippen LogP contribution >= 0.6 is 12.2 Å². The van der Waals surface area contributed by atoms with E-state index >= 15 is 0 Å². The summed E-state index contributed by atoms with van der Waals surface area (Å²) >= 11 is 4.95. The fourth-order valence-electron chi connectivity index (χ4n) is 2.39. The van der Waals surface area contributed by atoms with Gasteiger partial charge in [0.1, 0.15) is 10.8 Å². The molecule has 0 aromatic heterocycles. The van der Waals surface area contributed by atoms with Gasteiger partial charge in [-0.1, -0.05) is 12.2 Å². The van der Waals surface area contributed by atoms with E-state index in [0.717, 1.165) is 5.69 Å². The number of hydrogen-bond donors (Lipinski definition) is 2. The Morgan fingerprint density at radius 3 is 2.47 bits per heavy atom. The molecule has 2 rings (SSSR count). The normalized spacial score (nSPS) is 16.4. The molecule has 6 heteroatoms. The maximum atomic E-state index is 13.2. The van der Waals surface area contributed by atoms with Crippen molar-refractivity contribution in [3.63, 3.8) is 0 Å². The second-order valence-corrected chi connectivity index (χ2v) is 5.13. The number of nitrogens with zero attached hydrogens (tertiary/aromatic N) is 1. The predicted octanol–water partition coefficient (Wildman–Crippen LogP) is 1.16. The van der Waals surface area contributed by atoms with Gasteiger partial charge in [0.05, 0.1) is 0 Å². The number of halogens is 1. The number of carbonyl (C=O) groups is 1. The smallest absolute Gasteiger partial charge is 0.220 e. The van der Waals surface area contributed by atoms with E-state index in [9.17, 15) is 9.18 Å². The number of hydrogen-bond acceptors (Lipinski definition) is 3. The Kier molecular flexibility index (Phi) is 3.99. The number of benzene rings is 1. The van der Waals surface area contributed by atoms with Crippen molar-refractivity contribution in [2.75, 3.05) is 18.0 Å². The molecule has 1 amide bonds. The Morgan fingerprint density at radius 2 is 1.95 bits per heavy atom. The highest BCUT2D eigenvalue weighted by Crippen LogP contribution is 2.27. The molecule has 4 nitrogen and oxygen atoms in total. The molecule has 1 aliphatic heterocycles. The molecule has 0 atom stereocenters. The lowest BCUT2D eigenvalue weighted by molar-refractivity contribution is -0.122. The summed E-state index contributed by atoms with van der Waals surface area (Å²) < 4.78 is 13.2. The topological polar surface area (TPSA) is 72.4 Å². The summed E-state index contributed by atoms with van der Waals surface area (Å²) in [6.45, 7) is 1.38. The largest absolute Gasteiger partial charge is 0.389 e. The van der Waals surface area contributed by atoms with Crippen molar-refractivity contribution in [2.24, 2.45) is 17.4 Å². The zero-order valence-electron chi connectivity index (χ0n) is 10.4. The Labute approximate surface area is 116 Å². The lowest BCUT2D eigenvalue weighted by atomic mass is 9.95. The van der Waals surface area contributed by atoms with Crippen LogP contribution in [0.5, 0.6) is 0 Å². The van der Waals surface area contributed by atoms with E-state index in [1.54, 1.807) is 6.07 Å². The molecule has 4 N–H and O–H groups in total. The summed E-state index contributed by atoms with van der Waals surface area (Å²) in [6.07, 6.45) is 1.40. The van der Waals surface area contributed by atoms with Crippen LogP contribution in [0.2, 0.25) is 0 Å². The lowest BCUT2D eigenvalue weighted by Gasteiger charge is -2.33. The molecule has 0 spiro atoms. The van der Waals surface area contributed by atoms with Crippen molar-refractivity contribution >= 4 is 28.8 Å². The molecule has 1 aromatic carbocycles. The van der Waals surface area contributed by atoms with Crippen LogP contribution in [0.25, 0.3) is 0 Å². The standard InChI is InChI=1S/C13H16FN3OS/c14-9-1-2-11(10(7-9)13(16)19)17-5-3-8(4-6-17)12(15)18/h1-2,7-8H,3-6H2,(H2,15,18)(H2,16,19). The van der Waals surface area contributed by atoms with Gasteiger partial charge in [-0.3, -0.25) is 4.79 Å². The van der Waals surface area contributed by atoms with Gasteiger partial charge < -0.3 is 16.4 Å². The Hall–Kier alpha value is -1.69. The van der Waals surface area contributed by atoms with Crippen LogP contribution in [0.4, 0.5) is 10.1 Å². The summed E-state index contributed by atoms with van der Waals surface area (Å²) in [5, 5.41) is 0. The van der Waals surface area contributed by atoms with E-state index in [-0.39, 0.29) is 22.6 Å². The molecular weight excluding hydrogens is 265 g/mol. The van der Waals surface area contributed by atoms with E-state index in [4.69, 9.17) is 23.7 Å². The first-order valence-electron chi connectivity index (χ1n) is 6.12. The fourth-order valence-corrected chi connectivity index (χ4v) is 2.55. The number of carbonyl (C=O) groups excluding carboxylic acids is 1. The number of amides is 1.